The Balaban J connectivity index is 2.32. The van der Waals surface area contributed by atoms with E-state index in [4.69, 9.17) is 9.47 Å². The van der Waals surface area contributed by atoms with Gasteiger partial charge in [-0.3, -0.25) is 4.90 Å². The molecule has 0 bridgehead atoms. The minimum Gasteiger partial charge on any atom is -0.487 e. The summed E-state index contributed by atoms with van der Waals surface area (Å²) in [5.74, 6) is 0.808. The second kappa shape index (κ2) is 5.91. The number of ether oxygens (including phenoxy) is 2. The average molecular weight is 317 g/mol. The first-order valence-corrected chi connectivity index (χ1v) is 7.98. The maximum Gasteiger partial charge on any atom is 0.414 e. The van der Waals surface area contributed by atoms with E-state index in [0.29, 0.717) is 0 Å². The summed E-state index contributed by atoms with van der Waals surface area (Å²) in [5, 5.41) is 0. The Morgan fingerprint density at radius 3 is 2.57 bits per heavy atom. The topological polar surface area (TPSA) is 38.8 Å². The van der Waals surface area contributed by atoms with Crippen LogP contribution in [0.15, 0.2) is 24.3 Å². The fourth-order valence-corrected chi connectivity index (χ4v) is 2.65. The predicted molar refractivity (Wildman–Crippen MR) is 94.1 cm³/mol. The van der Waals surface area contributed by atoms with E-state index in [2.05, 4.69) is 19.9 Å². The average Bonchev–Trinajstić information content (AvgIpc) is 2.41. The number of anilines is 1. The summed E-state index contributed by atoms with van der Waals surface area (Å²) in [4.78, 5) is 13.7. The zero-order valence-electron chi connectivity index (χ0n) is 15.2. The molecule has 0 unspecified atom stereocenters. The third kappa shape index (κ3) is 4.06. The van der Waals surface area contributed by atoms with E-state index in [-0.39, 0.29) is 11.7 Å². The molecule has 0 saturated heterocycles. The van der Waals surface area contributed by atoms with Crippen molar-refractivity contribution in [2.75, 3.05) is 11.9 Å². The molecule has 0 atom stereocenters. The Labute approximate surface area is 139 Å². The second-order valence-corrected chi connectivity index (χ2v) is 7.57. The molecule has 126 valence electrons. The number of fused-ring (bicyclic) bond motifs is 1. The third-order valence-electron chi connectivity index (χ3n) is 3.72. The molecule has 1 aromatic rings. The fraction of sp³-hybridized carbons (Fsp3) is 0.526. The van der Waals surface area contributed by atoms with Crippen LogP contribution in [0.1, 0.15) is 53.5 Å². The Kier molecular flexibility index (Phi) is 4.47. The number of rotatable bonds is 1. The quantitative estimate of drug-likeness (QED) is 0.730. The maximum atomic E-state index is 12.2. The van der Waals surface area contributed by atoms with Gasteiger partial charge < -0.3 is 9.47 Å². The van der Waals surface area contributed by atoms with Crippen molar-refractivity contribution in [3.05, 3.63) is 29.8 Å². The van der Waals surface area contributed by atoms with Crippen LogP contribution in [-0.2, 0) is 4.74 Å². The second-order valence-electron chi connectivity index (χ2n) is 7.57. The molecule has 0 radical (unpaired) electrons. The lowest BCUT2D eigenvalue weighted by atomic mass is 9.89. The molecular formula is C19H27NO3. The molecule has 4 heteroatoms. The highest BCUT2D eigenvalue weighted by molar-refractivity contribution is 5.88. The van der Waals surface area contributed by atoms with E-state index in [1.807, 2.05) is 45.9 Å². The van der Waals surface area contributed by atoms with Crippen LogP contribution in [0.3, 0.4) is 0 Å². The van der Waals surface area contributed by atoms with Gasteiger partial charge in [-0.15, -0.1) is 0 Å². The lowest BCUT2D eigenvalue weighted by molar-refractivity contribution is 0.0589. The number of benzene rings is 1. The van der Waals surface area contributed by atoms with Crippen LogP contribution >= 0.6 is 0 Å². The van der Waals surface area contributed by atoms with Gasteiger partial charge in [0.2, 0.25) is 0 Å². The first-order chi connectivity index (χ1) is 10.5. The fourth-order valence-electron chi connectivity index (χ4n) is 2.65. The van der Waals surface area contributed by atoms with E-state index in [9.17, 15) is 4.79 Å². The molecule has 1 amide bonds. The van der Waals surface area contributed by atoms with Crippen LogP contribution in [0.4, 0.5) is 10.5 Å². The summed E-state index contributed by atoms with van der Waals surface area (Å²) < 4.78 is 11.5. The monoisotopic (exact) mass is 317 g/mol. The van der Waals surface area contributed by atoms with Gasteiger partial charge in [-0.25, -0.2) is 4.79 Å². The zero-order valence-corrected chi connectivity index (χ0v) is 15.2. The normalized spacial score (nSPS) is 18.1. The van der Waals surface area contributed by atoms with Crippen molar-refractivity contribution in [1.82, 2.24) is 0 Å². The van der Waals surface area contributed by atoms with Gasteiger partial charge in [-0.05, 0) is 59.2 Å². The van der Waals surface area contributed by atoms with Crippen LogP contribution in [0.5, 0.6) is 5.75 Å². The van der Waals surface area contributed by atoms with Gasteiger partial charge in [0.1, 0.15) is 17.0 Å². The Hall–Kier alpha value is -1.97. The standard InChI is InChI=1S/C19H27NO3/c1-8-13-12-19(5,6)22-16-11-14(9-10-15(13)16)20(7)17(21)23-18(2,3)4/h8-11H,12H2,1-7H3/b13-8+. The summed E-state index contributed by atoms with van der Waals surface area (Å²) in [7, 11) is 1.71. The number of carbonyl (C=O) groups excluding carboxylic acids is 1. The first-order valence-electron chi connectivity index (χ1n) is 7.98. The minimum atomic E-state index is -0.518. The van der Waals surface area contributed by atoms with Gasteiger partial charge >= 0.3 is 6.09 Å². The highest BCUT2D eigenvalue weighted by Crippen LogP contribution is 2.41. The van der Waals surface area contributed by atoms with Crippen LogP contribution in [-0.4, -0.2) is 24.3 Å². The summed E-state index contributed by atoms with van der Waals surface area (Å²) in [6.45, 7) is 11.8. The number of hydrogen-bond acceptors (Lipinski definition) is 3. The largest absolute Gasteiger partial charge is 0.487 e. The lowest BCUT2D eigenvalue weighted by Gasteiger charge is -2.35. The van der Waals surface area contributed by atoms with Gasteiger partial charge in [-0.2, -0.15) is 0 Å². The highest BCUT2D eigenvalue weighted by atomic mass is 16.6. The zero-order chi connectivity index (χ0) is 17.4. The van der Waals surface area contributed by atoms with E-state index >= 15 is 0 Å². The maximum absolute atomic E-state index is 12.2. The van der Waals surface area contributed by atoms with Crippen LogP contribution in [0.25, 0.3) is 5.57 Å². The van der Waals surface area contributed by atoms with Crippen LogP contribution in [0.2, 0.25) is 0 Å². The van der Waals surface area contributed by atoms with Crippen LogP contribution < -0.4 is 9.64 Å². The molecular weight excluding hydrogens is 290 g/mol. The molecule has 4 nitrogen and oxygen atoms in total. The number of allylic oxidation sites excluding steroid dienone is 1. The van der Waals surface area contributed by atoms with Gasteiger partial charge in [0.15, 0.2) is 0 Å². The smallest absolute Gasteiger partial charge is 0.414 e. The van der Waals surface area contributed by atoms with E-state index in [1.54, 1.807) is 7.05 Å². The number of carbonyl (C=O) groups is 1. The molecule has 1 aromatic carbocycles. The lowest BCUT2D eigenvalue weighted by Crippen LogP contribution is -2.35. The van der Waals surface area contributed by atoms with Crippen molar-refractivity contribution in [2.24, 2.45) is 0 Å². The highest BCUT2D eigenvalue weighted by Gasteiger charge is 2.30. The van der Waals surface area contributed by atoms with E-state index in [1.165, 1.54) is 10.5 Å². The molecule has 2 rings (SSSR count). The van der Waals surface area contributed by atoms with E-state index < -0.39 is 5.60 Å². The summed E-state index contributed by atoms with van der Waals surface area (Å²) in [6, 6.07) is 5.84. The van der Waals surface area contributed by atoms with Crippen molar-refractivity contribution in [1.29, 1.82) is 0 Å². The molecule has 0 N–H and O–H groups in total. The molecule has 1 heterocycles. The molecule has 0 fully saturated rings. The van der Waals surface area contributed by atoms with Gasteiger partial charge in [0.25, 0.3) is 0 Å². The van der Waals surface area contributed by atoms with Gasteiger partial charge in [0.05, 0.1) is 5.69 Å². The van der Waals surface area contributed by atoms with Crippen molar-refractivity contribution < 1.29 is 14.3 Å². The number of amides is 1. The van der Waals surface area contributed by atoms with Gasteiger partial charge in [0, 0.05) is 25.1 Å². The van der Waals surface area contributed by atoms with Crippen molar-refractivity contribution in [3.8, 4) is 5.75 Å². The molecule has 0 aromatic heterocycles. The summed E-state index contributed by atoms with van der Waals surface area (Å²) in [5.41, 5.74) is 2.34. The SMILES string of the molecule is C/C=C1\CC(C)(C)Oc2cc(N(C)C(=O)OC(C)(C)C)ccc21. The van der Waals surface area contributed by atoms with Crippen molar-refractivity contribution >= 4 is 17.4 Å². The number of hydrogen-bond donors (Lipinski definition) is 0. The first kappa shape index (κ1) is 17.4. The van der Waals surface area contributed by atoms with Crippen molar-refractivity contribution in [2.45, 2.75) is 59.2 Å². The molecule has 1 aliphatic heterocycles. The minimum absolute atomic E-state index is 0.252. The van der Waals surface area contributed by atoms with Crippen LogP contribution in [0, 0.1) is 0 Å². The molecule has 23 heavy (non-hydrogen) atoms. The summed E-state index contributed by atoms with van der Waals surface area (Å²) in [6.07, 6.45) is 2.62. The number of nitrogens with zero attached hydrogens (tertiary/aromatic N) is 1. The summed E-state index contributed by atoms with van der Waals surface area (Å²) >= 11 is 0. The molecule has 1 aliphatic rings. The van der Waals surface area contributed by atoms with E-state index in [0.717, 1.165) is 23.4 Å². The Bertz CT molecular complexity index is 639. The molecule has 0 spiro atoms. The van der Waals surface area contributed by atoms with Crippen molar-refractivity contribution in [3.63, 3.8) is 0 Å². The molecule has 0 saturated carbocycles. The van der Waals surface area contributed by atoms with Gasteiger partial charge in [-0.1, -0.05) is 6.08 Å². The Morgan fingerprint density at radius 2 is 2.00 bits per heavy atom. The third-order valence-corrected chi connectivity index (χ3v) is 3.72. The molecule has 0 aliphatic carbocycles. The Morgan fingerprint density at radius 1 is 1.35 bits per heavy atom. The predicted octanol–water partition coefficient (Wildman–Crippen LogP) is 5.02.